The van der Waals surface area contributed by atoms with Crippen LogP contribution < -0.4 is 16.9 Å². The minimum atomic E-state index is -0.490. The normalized spacial score (nSPS) is 11.6. The van der Waals surface area contributed by atoms with Gasteiger partial charge in [0.15, 0.2) is 11.3 Å². The van der Waals surface area contributed by atoms with Gasteiger partial charge in [0, 0.05) is 44.0 Å². The number of aryl methyl sites for hydroxylation is 1. The molecule has 0 spiro atoms. The second-order valence-electron chi connectivity index (χ2n) is 10.7. The molecule has 1 aromatic rings. The van der Waals surface area contributed by atoms with Crippen molar-refractivity contribution < 1.29 is 14.0 Å². The molecule has 11 nitrogen and oxygen atoms in total. The number of hydrogen-bond donors (Lipinski definition) is 2. The summed E-state index contributed by atoms with van der Waals surface area (Å²) in [7, 11) is 11.3. The monoisotopic (exact) mass is 539 g/mol. The van der Waals surface area contributed by atoms with Gasteiger partial charge in [-0.15, -0.1) is 0 Å². The van der Waals surface area contributed by atoms with Gasteiger partial charge in [-0.2, -0.15) is 0 Å². The van der Waals surface area contributed by atoms with Crippen molar-refractivity contribution in [3.05, 3.63) is 38.5 Å². The van der Waals surface area contributed by atoms with Crippen LogP contribution in [0.25, 0.3) is 22.6 Å². The molecule has 0 saturated heterocycles. The van der Waals surface area contributed by atoms with E-state index < -0.39 is 11.3 Å². The predicted molar refractivity (Wildman–Crippen MR) is 155 cm³/mol. The number of amides is 2. The number of fused-ring (bicyclic) bond motifs is 2. The summed E-state index contributed by atoms with van der Waals surface area (Å²) in [6.45, 7) is 5.96. The molecule has 212 valence electrons. The number of carbonyl (C=O) groups excluding carboxylic acids is 2. The molecule has 0 unspecified atom stereocenters. The van der Waals surface area contributed by atoms with Crippen LogP contribution in [0, 0.1) is 13.8 Å². The Hall–Kier alpha value is -3.70. The largest absolute Gasteiger partial charge is 0.452 e. The fourth-order valence-electron chi connectivity index (χ4n) is 4.51. The highest BCUT2D eigenvalue weighted by atomic mass is 16.3. The van der Waals surface area contributed by atoms with Gasteiger partial charge < -0.3 is 35.5 Å². The number of hydrogen-bond acceptors (Lipinski definition) is 9. The van der Waals surface area contributed by atoms with Crippen LogP contribution in [0.1, 0.15) is 44.7 Å². The lowest BCUT2D eigenvalue weighted by Gasteiger charge is -2.23. The second kappa shape index (κ2) is 12.0. The first kappa shape index (κ1) is 29.9. The number of nitrogens with two attached hydrogens (primary N) is 2. The van der Waals surface area contributed by atoms with Crippen molar-refractivity contribution >= 4 is 34.3 Å². The molecule has 0 saturated carbocycles. The van der Waals surface area contributed by atoms with Crippen LogP contribution in [-0.2, 0) is 0 Å². The molecule has 3 rings (SSSR count). The third-order valence-corrected chi connectivity index (χ3v) is 6.95. The summed E-state index contributed by atoms with van der Waals surface area (Å²) >= 11 is 0. The standard InChI is InChI=1S/C28H41N7O4/c1-16-19(29)15-18(27(37)34(7)13-9-11-32(3)4)22-25(16)39-26-17(2)24(36)21(30)20(23(26)31-22)28(38)35(8)14-10-12-33(5)6/h15H,9-14,29-30H2,1-8H3. The molecule has 2 aliphatic rings. The summed E-state index contributed by atoms with van der Waals surface area (Å²) in [6.07, 6.45) is 1.53. The third kappa shape index (κ3) is 6.15. The Labute approximate surface area is 229 Å². The van der Waals surface area contributed by atoms with Crippen molar-refractivity contribution in [3.63, 3.8) is 0 Å². The molecule has 4 N–H and O–H groups in total. The highest BCUT2D eigenvalue weighted by molar-refractivity contribution is 6.09. The molecule has 1 aliphatic carbocycles. The molecule has 39 heavy (non-hydrogen) atoms. The number of rotatable bonds is 10. The average Bonchev–Trinajstić information content (AvgIpc) is 2.87. The second-order valence-corrected chi connectivity index (χ2v) is 10.7. The number of nitrogen functional groups attached to an aromatic ring is 2. The van der Waals surface area contributed by atoms with Crippen molar-refractivity contribution in [2.75, 3.05) is 79.9 Å². The number of anilines is 2. The fourth-order valence-corrected chi connectivity index (χ4v) is 4.51. The van der Waals surface area contributed by atoms with E-state index in [1.165, 1.54) is 4.90 Å². The number of nitrogens with zero attached hydrogens (tertiary/aromatic N) is 5. The zero-order valence-electron chi connectivity index (χ0n) is 24.3. The Morgan fingerprint density at radius 1 is 0.846 bits per heavy atom. The van der Waals surface area contributed by atoms with Gasteiger partial charge in [0.25, 0.3) is 11.8 Å². The maximum Gasteiger partial charge on any atom is 0.258 e. The van der Waals surface area contributed by atoms with E-state index in [0.29, 0.717) is 24.3 Å². The molecular weight excluding hydrogens is 498 g/mol. The number of benzene rings is 2. The van der Waals surface area contributed by atoms with Gasteiger partial charge in [0.2, 0.25) is 5.43 Å². The first-order valence-corrected chi connectivity index (χ1v) is 13.0. The lowest BCUT2D eigenvalue weighted by molar-refractivity contribution is 0.0785. The van der Waals surface area contributed by atoms with Crippen LogP contribution >= 0.6 is 0 Å². The quantitative estimate of drug-likeness (QED) is 0.293. The van der Waals surface area contributed by atoms with Gasteiger partial charge in [-0.1, -0.05) is 0 Å². The van der Waals surface area contributed by atoms with E-state index in [4.69, 9.17) is 20.9 Å². The highest BCUT2D eigenvalue weighted by Gasteiger charge is 2.31. The molecule has 1 heterocycles. The third-order valence-electron chi connectivity index (χ3n) is 6.95. The van der Waals surface area contributed by atoms with Crippen molar-refractivity contribution in [2.24, 2.45) is 0 Å². The summed E-state index contributed by atoms with van der Waals surface area (Å²) in [4.78, 5) is 52.2. The molecule has 0 atom stereocenters. The van der Waals surface area contributed by atoms with Crippen LogP contribution in [0.2, 0.25) is 0 Å². The van der Waals surface area contributed by atoms with Gasteiger partial charge in [0.05, 0.1) is 16.8 Å². The Morgan fingerprint density at radius 2 is 1.38 bits per heavy atom. The molecule has 0 radical (unpaired) electrons. The molecule has 0 bridgehead atoms. The summed E-state index contributed by atoms with van der Waals surface area (Å²) in [5.74, 6) is -0.555. The zero-order valence-corrected chi connectivity index (χ0v) is 24.3. The van der Waals surface area contributed by atoms with Crippen molar-refractivity contribution in [1.82, 2.24) is 24.6 Å². The Balaban J connectivity index is 2.22. The molecule has 11 heteroatoms. The first-order chi connectivity index (χ1) is 18.3. The molecule has 0 aromatic heterocycles. The average molecular weight is 540 g/mol. The SMILES string of the molecule is Cc1c2oc3c(C)c(N)cc(C(=O)N(C)CCCN(C)C)c3nc-2c(C(=O)N(C)CCCN(C)C)c(N)c1=O. The van der Waals surface area contributed by atoms with E-state index in [1.807, 2.05) is 33.1 Å². The topological polar surface area (TPSA) is 142 Å². The highest BCUT2D eigenvalue weighted by Crippen LogP contribution is 2.36. The molecule has 0 fully saturated rings. The summed E-state index contributed by atoms with van der Waals surface area (Å²) in [6, 6.07) is 1.59. The summed E-state index contributed by atoms with van der Waals surface area (Å²) in [5, 5.41) is 0. The Bertz CT molecular complexity index is 1410. The van der Waals surface area contributed by atoms with Gasteiger partial charge in [-0.3, -0.25) is 14.4 Å². The van der Waals surface area contributed by atoms with E-state index in [0.717, 1.165) is 25.9 Å². The van der Waals surface area contributed by atoms with Crippen LogP contribution in [-0.4, -0.2) is 105 Å². The van der Waals surface area contributed by atoms with Gasteiger partial charge >= 0.3 is 0 Å². The smallest absolute Gasteiger partial charge is 0.258 e. The number of carbonyl (C=O) groups is 2. The number of aromatic nitrogens is 1. The Morgan fingerprint density at radius 3 is 1.92 bits per heavy atom. The molecule has 2 amide bonds. The van der Waals surface area contributed by atoms with E-state index in [1.54, 1.807) is 38.9 Å². The zero-order chi connectivity index (χ0) is 29.2. The van der Waals surface area contributed by atoms with E-state index in [2.05, 4.69) is 4.90 Å². The summed E-state index contributed by atoms with van der Waals surface area (Å²) in [5.41, 5.74) is 14.0. The van der Waals surface area contributed by atoms with E-state index in [-0.39, 0.29) is 50.8 Å². The van der Waals surface area contributed by atoms with Crippen LogP contribution in [0.4, 0.5) is 11.4 Å². The molecule has 1 aromatic carbocycles. The summed E-state index contributed by atoms with van der Waals surface area (Å²) < 4.78 is 6.24. The van der Waals surface area contributed by atoms with E-state index in [9.17, 15) is 14.4 Å². The van der Waals surface area contributed by atoms with Crippen LogP contribution in [0.5, 0.6) is 0 Å². The van der Waals surface area contributed by atoms with Crippen molar-refractivity contribution in [1.29, 1.82) is 0 Å². The first-order valence-electron chi connectivity index (χ1n) is 13.0. The van der Waals surface area contributed by atoms with Gasteiger partial charge in [-0.05, 0) is 74.0 Å². The van der Waals surface area contributed by atoms with Crippen molar-refractivity contribution in [2.45, 2.75) is 26.7 Å². The van der Waals surface area contributed by atoms with Gasteiger partial charge in [-0.25, -0.2) is 4.98 Å². The molecular formula is C28H41N7O4. The maximum atomic E-state index is 13.6. The fraction of sp³-hybridized carbons (Fsp3) is 0.500. The minimum absolute atomic E-state index is 0.0224. The van der Waals surface area contributed by atoms with Gasteiger partial charge in [0.1, 0.15) is 11.2 Å². The van der Waals surface area contributed by atoms with Crippen LogP contribution in [0.3, 0.4) is 0 Å². The lowest BCUT2D eigenvalue weighted by atomic mass is 9.99. The predicted octanol–water partition coefficient (Wildman–Crippen LogP) is 2.12. The maximum absolute atomic E-state index is 13.6. The van der Waals surface area contributed by atoms with Crippen LogP contribution in [0.15, 0.2) is 15.3 Å². The lowest BCUT2D eigenvalue weighted by Crippen LogP contribution is -2.33. The molecule has 1 aliphatic heterocycles. The van der Waals surface area contributed by atoms with Crippen molar-refractivity contribution in [3.8, 4) is 11.5 Å². The Kier molecular flexibility index (Phi) is 9.18. The minimum Gasteiger partial charge on any atom is -0.452 e. The van der Waals surface area contributed by atoms with E-state index >= 15 is 0 Å².